The number of sulfonamides is 1. The maximum absolute atomic E-state index is 12.4. The number of nitrogens with one attached hydrogen (secondary N) is 1. The van der Waals surface area contributed by atoms with Gasteiger partial charge < -0.3 is 4.74 Å². The summed E-state index contributed by atoms with van der Waals surface area (Å²) in [6, 6.07) is 12.4. The maximum Gasteiger partial charge on any atom is 0.261 e. The van der Waals surface area contributed by atoms with Gasteiger partial charge in [-0.25, -0.2) is 8.42 Å². The Balaban J connectivity index is 1.86. The van der Waals surface area contributed by atoms with E-state index in [2.05, 4.69) is 11.6 Å². The molecule has 0 amide bonds. The Morgan fingerprint density at radius 2 is 1.90 bits per heavy atom. The van der Waals surface area contributed by atoms with Gasteiger partial charge in [0.05, 0.1) is 11.5 Å². The summed E-state index contributed by atoms with van der Waals surface area (Å²) in [5.41, 5.74) is 2.69. The van der Waals surface area contributed by atoms with Gasteiger partial charge in [0.15, 0.2) is 0 Å². The molecule has 0 aliphatic carbocycles. The Labute approximate surface area is 124 Å². The third-order valence-corrected chi connectivity index (χ3v) is 4.96. The summed E-state index contributed by atoms with van der Waals surface area (Å²) in [7, 11) is -3.56. The van der Waals surface area contributed by atoms with Crippen molar-refractivity contribution >= 4 is 15.7 Å². The number of hydrogen-bond acceptors (Lipinski definition) is 3. The molecule has 4 nitrogen and oxygen atoms in total. The molecule has 0 saturated carbocycles. The predicted molar refractivity (Wildman–Crippen MR) is 82.3 cm³/mol. The van der Waals surface area contributed by atoms with Crippen LogP contribution >= 0.6 is 0 Å². The van der Waals surface area contributed by atoms with Crippen LogP contribution in [0.25, 0.3) is 0 Å². The first-order valence-electron chi connectivity index (χ1n) is 6.96. The third kappa shape index (κ3) is 2.88. The van der Waals surface area contributed by atoms with Crippen molar-refractivity contribution in [1.29, 1.82) is 0 Å². The van der Waals surface area contributed by atoms with E-state index in [0.717, 1.165) is 24.2 Å². The SMILES string of the molecule is CCc1ccc(NS(=O)(=O)c2ccc3c(c2)CCO3)cc1. The van der Waals surface area contributed by atoms with Crippen molar-refractivity contribution in [2.45, 2.75) is 24.7 Å². The molecule has 1 N–H and O–H groups in total. The maximum atomic E-state index is 12.4. The summed E-state index contributed by atoms with van der Waals surface area (Å²) in [5.74, 6) is 0.779. The van der Waals surface area contributed by atoms with Crippen LogP contribution in [-0.4, -0.2) is 15.0 Å². The fourth-order valence-electron chi connectivity index (χ4n) is 2.35. The zero-order valence-corrected chi connectivity index (χ0v) is 12.6. The predicted octanol–water partition coefficient (Wildman–Crippen LogP) is 2.98. The molecule has 0 spiro atoms. The van der Waals surface area contributed by atoms with Gasteiger partial charge >= 0.3 is 0 Å². The van der Waals surface area contributed by atoms with Crippen molar-refractivity contribution in [3.05, 3.63) is 53.6 Å². The molecular formula is C16H17NO3S. The molecule has 0 unspecified atom stereocenters. The second-order valence-electron chi connectivity index (χ2n) is 5.02. The molecule has 1 heterocycles. The first-order chi connectivity index (χ1) is 10.1. The number of ether oxygens (including phenoxy) is 1. The van der Waals surface area contributed by atoms with E-state index in [0.29, 0.717) is 12.3 Å². The van der Waals surface area contributed by atoms with E-state index >= 15 is 0 Å². The zero-order valence-electron chi connectivity index (χ0n) is 11.8. The molecule has 0 bridgehead atoms. The van der Waals surface area contributed by atoms with Crippen LogP contribution in [0, 0.1) is 0 Å². The van der Waals surface area contributed by atoms with E-state index in [4.69, 9.17) is 4.74 Å². The highest BCUT2D eigenvalue weighted by Crippen LogP contribution is 2.28. The Hall–Kier alpha value is -2.01. The van der Waals surface area contributed by atoms with Gasteiger partial charge in [-0.05, 0) is 47.9 Å². The van der Waals surface area contributed by atoms with E-state index < -0.39 is 10.0 Å². The van der Waals surface area contributed by atoms with Gasteiger partial charge in [-0.2, -0.15) is 0 Å². The van der Waals surface area contributed by atoms with Crippen molar-refractivity contribution in [2.24, 2.45) is 0 Å². The minimum Gasteiger partial charge on any atom is -0.493 e. The van der Waals surface area contributed by atoms with Gasteiger partial charge in [0.2, 0.25) is 0 Å². The Morgan fingerprint density at radius 1 is 1.14 bits per heavy atom. The molecule has 0 fully saturated rings. The first-order valence-corrected chi connectivity index (χ1v) is 8.44. The van der Waals surface area contributed by atoms with Crippen molar-refractivity contribution in [3.63, 3.8) is 0 Å². The normalized spacial score (nSPS) is 13.6. The van der Waals surface area contributed by atoms with Gasteiger partial charge in [0, 0.05) is 12.1 Å². The van der Waals surface area contributed by atoms with Crippen LogP contribution in [0.4, 0.5) is 5.69 Å². The zero-order chi connectivity index (χ0) is 14.9. The Bertz CT molecular complexity index is 752. The Kier molecular flexibility index (Phi) is 3.59. The van der Waals surface area contributed by atoms with Crippen molar-refractivity contribution in [2.75, 3.05) is 11.3 Å². The van der Waals surface area contributed by atoms with Gasteiger partial charge in [-0.1, -0.05) is 19.1 Å². The van der Waals surface area contributed by atoms with Crippen LogP contribution in [0.2, 0.25) is 0 Å². The standard InChI is InChI=1S/C16H17NO3S/c1-2-12-3-5-14(6-4-12)17-21(18,19)15-7-8-16-13(11-15)9-10-20-16/h3-8,11,17H,2,9-10H2,1H3. The molecule has 2 aromatic carbocycles. The Morgan fingerprint density at radius 3 is 2.62 bits per heavy atom. The number of aryl methyl sites for hydroxylation is 1. The van der Waals surface area contributed by atoms with Crippen LogP contribution in [0.15, 0.2) is 47.4 Å². The summed E-state index contributed by atoms with van der Waals surface area (Å²) in [6.07, 6.45) is 1.68. The lowest BCUT2D eigenvalue weighted by atomic mass is 10.2. The van der Waals surface area contributed by atoms with Crippen LogP contribution in [0.1, 0.15) is 18.1 Å². The molecule has 0 atom stereocenters. The number of hydrogen-bond donors (Lipinski definition) is 1. The van der Waals surface area contributed by atoms with Crippen molar-refractivity contribution < 1.29 is 13.2 Å². The van der Waals surface area contributed by atoms with Gasteiger partial charge in [0.1, 0.15) is 5.75 Å². The van der Waals surface area contributed by atoms with E-state index in [1.54, 1.807) is 30.3 Å². The molecule has 1 aliphatic heterocycles. The lowest BCUT2D eigenvalue weighted by molar-refractivity contribution is 0.356. The summed E-state index contributed by atoms with van der Waals surface area (Å²) in [4.78, 5) is 0.270. The van der Waals surface area contributed by atoms with Crippen LogP contribution in [0.3, 0.4) is 0 Å². The first kappa shape index (κ1) is 13.9. The minimum absolute atomic E-state index is 0.270. The topological polar surface area (TPSA) is 55.4 Å². The van der Waals surface area contributed by atoms with Crippen molar-refractivity contribution in [3.8, 4) is 5.75 Å². The smallest absolute Gasteiger partial charge is 0.261 e. The quantitative estimate of drug-likeness (QED) is 0.944. The summed E-state index contributed by atoms with van der Waals surface area (Å²) < 4.78 is 32.8. The molecule has 2 aromatic rings. The second kappa shape index (κ2) is 5.41. The molecule has 1 aliphatic rings. The third-order valence-electron chi connectivity index (χ3n) is 3.59. The summed E-state index contributed by atoms with van der Waals surface area (Å²) in [5, 5.41) is 0. The molecule has 21 heavy (non-hydrogen) atoms. The number of anilines is 1. The molecule has 0 radical (unpaired) electrons. The van der Waals surface area contributed by atoms with Crippen LogP contribution in [-0.2, 0) is 22.9 Å². The molecule has 5 heteroatoms. The lowest BCUT2D eigenvalue weighted by Crippen LogP contribution is -2.13. The molecule has 110 valence electrons. The fourth-order valence-corrected chi connectivity index (χ4v) is 3.46. The highest BCUT2D eigenvalue weighted by Gasteiger charge is 2.19. The van der Waals surface area contributed by atoms with Gasteiger partial charge in [-0.3, -0.25) is 4.72 Å². The highest BCUT2D eigenvalue weighted by molar-refractivity contribution is 7.92. The highest BCUT2D eigenvalue weighted by atomic mass is 32.2. The number of benzene rings is 2. The van der Waals surface area contributed by atoms with Crippen LogP contribution in [0.5, 0.6) is 5.75 Å². The van der Waals surface area contributed by atoms with Gasteiger partial charge in [-0.15, -0.1) is 0 Å². The van der Waals surface area contributed by atoms with E-state index in [-0.39, 0.29) is 4.90 Å². The number of rotatable bonds is 4. The van der Waals surface area contributed by atoms with Crippen molar-refractivity contribution in [1.82, 2.24) is 0 Å². The minimum atomic E-state index is -3.56. The lowest BCUT2D eigenvalue weighted by Gasteiger charge is -2.09. The molecule has 3 rings (SSSR count). The second-order valence-corrected chi connectivity index (χ2v) is 6.71. The molecular weight excluding hydrogens is 286 g/mol. The average molecular weight is 303 g/mol. The monoisotopic (exact) mass is 303 g/mol. The molecule has 0 aromatic heterocycles. The number of fused-ring (bicyclic) bond motifs is 1. The van der Waals surface area contributed by atoms with Crippen LogP contribution < -0.4 is 9.46 Å². The summed E-state index contributed by atoms with van der Waals surface area (Å²) >= 11 is 0. The summed E-state index contributed by atoms with van der Waals surface area (Å²) in [6.45, 7) is 2.68. The molecule has 0 saturated heterocycles. The van der Waals surface area contributed by atoms with Gasteiger partial charge in [0.25, 0.3) is 10.0 Å². The van der Waals surface area contributed by atoms with E-state index in [9.17, 15) is 8.42 Å². The van der Waals surface area contributed by atoms with E-state index in [1.165, 1.54) is 5.56 Å². The fraction of sp³-hybridized carbons (Fsp3) is 0.250. The largest absolute Gasteiger partial charge is 0.493 e. The average Bonchev–Trinajstić information content (AvgIpc) is 2.95. The van der Waals surface area contributed by atoms with E-state index in [1.807, 2.05) is 12.1 Å².